The molecule has 282 valence electrons. The molecule has 5 fully saturated rings. The number of benzene rings is 1. The molecule has 1 aromatic carbocycles. The van der Waals surface area contributed by atoms with Crippen LogP contribution in [0.5, 0.6) is 0 Å². The van der Waals surface area contributed by atoms with E-state index in [2.05, 4.69) is 68.7 Å². The molecular formula is C46H70N2O2S. The summed E-state index contributed by atoms with van der Waals surface area (Å²) in [5, 5.41) is 4.33. The molecule has 0 amide bonds. The van der Waals surface area contributed by atoms with Gasteiger partial charge in [-0.2, -0.15) is 11.8 Å². The second-order valence-electron chi connectivity index (χ2n) is 18.5. The van der Waals surface area contributed by atoms with Crippen molar-refractivity contribution in [3.05, 3.63) is 59.2 Å². The lowest BCUT2D eigenvalue weighted by atomic mass is 9.34. The van der Waals surface area contributed by atoms with E-state index in [1.165, 1.54) is 119 Å². The summed E-state index contributed by atoms with van der Waals surface area (Å²) in [5.41, 5.74) is 5.58. The number of thioether (sulfide) groups is 1. The zero-order valence-electron chi connectivity index (χ0n) is 32.9. The minimum absolute atomic E-state index is 0.0845. The van der Waals surface area contributed by atoms with E-state index >= 15 is 0 Å². The normalized spacial score (nSPS) is 39.9. The number of carbonyl (C=O) groups is 1. The molecule has 51 heavy (non-hydrogen) atoms. The van der Waals surface area contributed by atoms with Crippen molar-refractivity contribution in [3.8, 4) is 0 Å². The van der Waals surface area contributed by atoms with Crippen LogP contribution in [-0.4, -0.2) is 54.1 Å². The summed E-state index contributed by atoms with van der Waals surface area (Å²) in [6.45, 7) is 18.4. The van der Waals surface area contributed by atoms with Crippen LogP contribution in [0.2, 0.25) is 0 Å². The second-order valence-corrected chi connectivity index (χ2v) is 19.8. The predicted molar refractivity (Wildman–Crippen MR) is 215 cm³/mol. The van der Waals surface area contributed by atoms with Gasteiger partial charge in [0.25, 0.3) is 0 Å². The lowest BCUT2D eigenvalue weighted by Crippen LogP contribution is -2.67. The number of allylic oxidation sites excluding steroid dienone is 4. The maximum atomic E-state index is 12.8. The van der Waals surface area contributed by atoms with E-state index < -0.39 is 0 Å². The highest BCUT2D eigenvalue weighted by atomic mass is 32.2. The summed E-state index contributed by atoms with van der Waals surface area (Å²) >= 11 is 2.15. The number of hydrogen-bond donors (Lipinski definition) is 1. The molecule has 5 heteroatoms. The molecular weight excluding hydrogens is 645 g/mol. The van der Waals surface area contributed by atoms with Crippen LogP contribution in [0.1, 0.15) is 130 Å². The first-order chi connectivity index (χ1) is 24.6. The van der Waals surface area contributed by atoms with Gasteiger partial charge in [0.2, 0.25) is 0 Å². The van der Waals surface area contributed by atoms with Crippen LogP contribution in [0.15, 0.2) is 53.6 Å². The van der Waals surface area contributed by atoms with Gasteiger partial charge in [-0.25, -0.2) is 0 Å². The second kappa shape index (κ2) is 15.7. The van der Waals surface area contributed by atoms with Crippen LogP contribution in [0.4, 0.5) is 0 Å². The summed E-state index contributed by atoms with van der Waals surface area (Å²) in [6, 6.07) is 10.0. The van der Waals surface area contributed by atoms with Crippen LogP contribution in [0, 0.1) is 45.8 Å². The molecule has 1 aliphatic heterocycles. The highest BCUT2D eigenvalue weighted by Crippen LogP contribution is 2.75. The topological polar surface area (TPSA) is 41.6 Å². The van der Waals surface area contributed by atoms with Crippen molar-refractivity contribution in [2.75, 3.05) is 37.7 Å². The number of fused-ring (bicyclic) bond motifs is 7. The third kappa shape index (κ3) is 7.08. The van der Waals surface area contributed by atoms with E-state index in [-0.39, 0.29) is 5.97 Å². The summed E-state index contributed by atoms with van der Waals surface area (Å²) in [5.74, 6) is 6.34. The lowest BCUT2D eigenvalue weighted by Gasteiger charge is -2.71. The van der Waals surface area contributed by atoms with Crippen molar-refractivity contribution < 1.29 is 9.53 Å². The molecule has 1 saturated heterocycles. The number of hydrogen-bond acceptors (Lipinski definition) is 5. The minimum atomic E-state index is -0.0845. The Morgan fingerprint density at radius 1 is 0.922 bits per heavy atom. The Labute approximate surface area is 315 Å². The van der Waals surface area contributed by atoms with Crippen LogP contribution in [0.25, 0.3) is 0 Å². The molecule has 6 aliphatic rings. The summed E-state index contributed by atoms with van der Waals surface area (Å²) in [4.78, 5) is 15.6. The molecule has 4 nitrogen and oxygen atoms in total. The molecule has 7 unspecified atom stereocenters. The Bertz CT molecular complexity index is 1420. The number of nitrogens with zero attached hydrogens (tertiary/aromatic N) is 1. The zero-order chi connectivity index (χ0) is 35.7. The molecule has 0 spiro atoms. The number of esters is 1. The van der Waals surface area contributed by atoms with Crippen LogP contribution >= 0.6 is 11.8 Å². The monoisotopic (exact) mass is 715 g/mol. The van der Waals surface area contributed by atoms with Gasteiger partial charge in [-0.05, 0) is 152 Å². The van der Waals surface area contributed by atoms with E-state index in [0.717, 1.165) is 36.2 Å². The van der Waals surface area contributed by atoms with Crippen molar-refractivity contribution in [3.63, 3.8) is 0 Å². The van der Waals surface area contributed by atoms with Gasteiger partial charge >= 0.3 is 5.97 Å². The van der Waals surface area contributed by atoms with E-state index in [4.69, 9.17) is 4.74 Å². The fraction of sp³-hybridized carbons (Fsp3) is 0.761. The average Bonchev–Trinajstić information content (AvgIpc) is 3.37. The standard InChI is InChI=1S/C46H70N2O2S/c1-6-12-36(16-19-42(49)50-33-35-13-8-7-9-14-35)37-20-23-43(3)38(34(37)2)21-24-45(5)41(43)18-17-39-40-15-10-22-46(40,26-25-44(39,45)4)47-27-29-48-28-11-31-51-32-30-48/h7-9,12-14,20,34,38-41,47H,6,10-11,15-19,21-33H2,1-5H3/b36-12+/t34?,38?,39?,40-,41?,43?,44-,45?,46?/m1/s1. The molecule has 5 aliphatic carbocycles. The van der Waals surface area contributed by atoms with Crippen molar-refractivity contribution in [2.24, 2.45) is 45.8 Å². The van der Waals surface area contributed by atoms with Crippen molar-refractivity contribution >= 4 is 17.7 Å². The van der Waals surface area contributed by atoms with E-state index in [1.54, 1.807) is 0 Å². The molecule has 1 heterocycles. The van der Waals surface area contributed by atoms with Gasteiger partial charge < -0.3 is 15.0 Å². The Kier molecular flexibility index (Phi) is 11.6. The smallest absolute Gasteiger partial charge is 0.306 e. The minimum Gasteiger partial charge on any atom is -0.461 e. The van der Waals surface area contributed by atoms with Gasteiger partial charge in [0.1, 0.15) is 6.61 Å². The number of carbonyl (C=O) groups excluding carboxylic acids is 1. The van der Waals surface area contributed by atoms with Gasteiger partial charge in [0.05, 0.1) is 0 Å². The van der Waals surface area contributed by atoms with Crippen LogP contribution < -0.4 is 5.32 Å². The Balaban J connectivity index is 1.03. The third-order valence-corrected chi connectivity index (χ3v) is 17.5. The molecule has 0 aromatic heterocycles. The zero-order valence-corrected chi connectivity index (χ0v) is 33.8. The molecule has 0 bridgehead atoms. The van der Waals surface area contributed by atoms with Gasteiger partial charge in [0, 0.05) is 37.3 Å². The predicted octanol–water partition coefficient (Wildman–Crippen LogP) is 10.6. The third-order valence-electron chi connectivity index (χ3n) is 16.4. The van der Waals surface area contributed by atoms with Crippen LogP contribution in [0.3, 0.4) is 0 Å². The number of ether oxygens (including phenoxy) is 1. The molecule has 0 radical (unpaired) electrons. The first kappa shape index (κ1) is 37.7. The van der Waals surface area contributed by atoms with Gasteiger partial charge in [-0.3, -0.25) is 4.79 Å². The molecule has 7 rings (SSSR count). The highest BCUT2D eigenvalue weighted by molar-refractivity contribution is 7.99. The maximum absolute atomic E-state index is 12.8. The Hall–Kier alpha value is -1.56. The van der Waals surface area contributed by atoms with E-state index in [9.17, 15) is 4.79 Å². The SMILES string of the molecule is CC/C=C(\CCC(=O)OCc1ccccc1)C1=CCC2(C)C(CCC3(C)C2CCC2[C@H]4CCCC4(NCCN4CCCSCC4)CC[C@]23C)C1C. The molecule has 1 N–H and O–H groups in total. The van der Waals surface area contributed by atoms with Crippen molar-refractivity contribution in [2.45, 2.75) is 137 Å². The Morgan fingerprint density at radius 2 is 1.76 bits per heavy atom. The lowest BCUT2D eigenvalue weighted by molar-refractivity contribution is -0.212. The largest absolute Gasteiger partial charge is 0.461 e. The highest BCUT2D eigenvalue weighted by Gasteiger charge is 2.68. The first-order valence-corrected chi connectivity index (χ1v) is 22.4. The first-order valence-electron chi connectivity index (χ1n) is 21.3. The molecule has 1 aromatic rings. The van der Waals surface area contributed by atoms with Gasteiger partial charge in [-0.15, -0.1) is 0 Å². The molecule has 9 atom stereocenters. The number of nitrogens with one attached hydrogen (secondary N) is 1. The number of rotatable bonds is 11. The van der Waals surface area contributed by atoms with Crippen molar-refractivity contribution in [1.29, 1.82) is 0 Å². The van der Waals surface area contributed by atoms with E-state index in [1.807, 2.05) is 30.3 Å². The van der Waals surface area contributed by atoms with Crippen molar-refractivity contribution in [1.82, 2.24) is 10.2 Å². The average molecular weight is 715 g/mol. The Morgan fingerprint density at radius 3 is 2.59 bits per heavy atom. The van der Waals surface area contributed by atoms with Crippen LogP contribution in [-0.2, 0) is 16.1 Å². The maximum Gasteiger partial charge on any atom is 0.306 e. The molecule has 4 saturated carbocycles. The summed E-state index contributed by atoms with van der Waals surface area (Å²) in [6.07, 6.45) is 22.5. The van der Waals surface area contributed by atoms with Gasteiger partial charge in [-0.1, -0.05) is 83.5 Å². The fourth-order valence-corrected chi connectivity index (χ4v) is 14.6. The summed E-state index contributed by atoms with van der Waals surface area (Å²) in [7, 11) is 0. The quantitative estimate of drug-likeness (QED) is 0.231. The van der Waals surface area contributed by atoms with Gasteiger partial charge in [0.15, 0.2) is 0 Å². The van der Waals surface area contributed by atoms with E-state index in [0.29, 0.717) is 46.6 Å². The fourth-order valence-electron chi connectivity index (χ4n) is 13.7. The summed E-state index contributed by atoms with van der Waals surface area (Å²) < 4.78 is 5.68.